The third kappa shape index (κ3) is 3.85. The maximum Gasteiger partial charge on any atom is 0.281 e. The van der Waals surface area contributed by atoms with Crippen molar-refractivity contribution in [1.82, 2.24) is 8.61 Å². The van der Waals surface area contributed by atoms with Gasteiger partial charge in [0.2, 0.25) is 0 Å². The van der Waals surface area contributed by atoms with Crippen molar-refractivity contribution >= 4 is 22.6 Å². The molecule has 0 unspecified atom stereocenters. The molecule has 1 fully saturated rings. The highest BCUT2D eigenvalue weighted by molar-refractivity contribution is 7.86. The Morgan fingerprint density at radius 1 is 1.50 bits per heavy atom. The van der Waals surface area contributed by atoms with Crippen molar-refractivity contribution in [2.24, 2.45) is 5.73 Å². The molecular weight excluding hydrogens is 250 g/mol. The normalized spacial score (nSPS) is 23.1. The predicted molar refractivity (Wildman–Crippen MR) is 67.9 cm³/mol. The molecule has 1 rings (SSSR count). The van der Waals surface area contributed by atoms with Crippen LogP contribution < -0.4 is 5.73 Å². The lowest BCUT2D eigenvalue weighted by molar-refractivity contribution is 0.292. The molecule has 0 amide bonds. The maximum absolute atomic E-state index is 12.0. The average Bonchev–Trinajstić information content (AvgIpc) is 2.18. The van der Waals surface area contributed by atoms with Crippen LogP contribution in [0.5, 0.6) is 0 Å². The number of rotatable bonds is 4. The fourth-order valence-corrected chi connectivity index (χ4v) is 3.36. The lowest BCUT2D eigenvalue weighted by Crippen LogP contribution is -2.50. The maximum atomic E-state index is 12.0. The third-order valence-electron chi connectivity index (χ3n) is 2.68. The first-order valence-electron chi connectivity index (χ1n) is 5.45. The number of nitrogens with two attached hydrogens (primary N) is 1. The highest BCUT2D eigenvalue weighted by atomic mass is 35.5. The molecule has 0 aromatic heterocycles. The van der Waals surface area contributed by atoms with E-state index in [1.165, 1.54) is 8.61 Å². The highest BCUT2D eigenvalue weighted by Gasteiger charge is 2.29. The fourth-order valence-electron chi connectivity index (χ4n) is 1.81. The van der Waals surface area contributed by atoms with Crippen LogP contribution in [0, 0.1) is 0 Å². The summed E-state index contributed by atoms with van der Waals surface area (Å²) in [7, 11) is -1.65. The first-order chi connectivity index (χ1) is 6.98. The molecule has 0 spiro atoms. The molecule has 0 aromatic rings. The summed E-state index contributed by atoms with van der Waals surface area (Å²) in [5.74, 6) is 0. The number of halogens is 1. The summed E-state index contributed by atoms with van der Waals surface area (Å²) in [4.78, 5) is 0. The van der Waals surface area contributed by atoms with E-state index in [4.69, 9.17) is 5.73 Å². The van der Waals surface area contributed by atoms with E-state index in [1.54, 1.807) is 7.05 Å². The number of hydrogen-bond acceptors (Lipinski definition) is 3. The average molecular weight is 272 g/mol. The standard InChI is InChI=1S/C9H21N3O2S.ClH/c1-3-6-11(2)15(13,14)12-7-4-5-9(10)8-12;/h9H,3-8,10H2,1-2H3;1H/t9-;/m1./s1. The van der Waals surface area contributed by atoms with E-state index >= 15 is 0 Å². The molecule has 0 radical (unpaired) electrons. The summed E-state index contributed by atoms with van der Waals surface area (Å²) >= 11 is 0. The molecule has 1 heterocycles. The molecule has 1 saturated heterocycles. The summed E-state index contributed by atoms with van der Waals surface area (Å²) in [6, 6.07) is -0.0106. The van der Waals surface area contributed by atoms with E-state index in [1.807, 2.05) is 6.92 Å². The molecule has 5 nitrogen and oxygen atoms in total. The largest absolute Gasteiger partial charge is 0.327 e. The van der Waals surface area contributed by atoms with Crippen LogP contribution in [0.4, 0.5) is 0 Å². The van der Waals surface area contributed by atoms with Crippen LogP contribution in [-0.4, -0.2) is 49.8 Å². The van der Waals surface area contributed by atoms with Crippen molar-refractivity contribution in [3.05, 3.63) is 0 Å². The topological polar surface area (TPSA) is 66.6 Å². The SMILES string of the molecule is CCCN(C)S(=O)(=O)N1CCC[C@@H](N)C1.Cl. The Morgan fingerprint density at radius 3 is 2.62 bits per heavy atom. The van der Waals surface area contributed by atoms with Gasteiger partial charge in [0.05, 0.1) is 0 Å². The van der Waals surface area contributed by atoms with Crippen LogP contribution in [0.2, 0.25) is 0 Å². The lowest BCUT2D eigenvalue weighted by atomic mass is 10.1. The second-order valence-electron chi connectivity index (χ2n) is 4.09. The molecule has 0 bridgehead atoms. The Kier molecular flexibility index (Phi) is 6.81. The van der Waals surface area contributed by atoms with Crippen molar-refractivity contribution < 1.29 is 8.42 Å². The van der Waals surface area contributed by atoms with Gasteiger partial charge in [-0.25, -0.2) is 0 Å². The minimum absolute atomic E-state index is 0. The van der Waals surface area contributed by atoms with Gasteiger partial charge in [-0.05, 0) is 19.3 Å². The summed E-state index contributed by atoms with van der Waals surface area (Å²) < 4.78 is 26.9. The summed E-state index contributed by atoms with van der Waals surface area (Å²) in [5.41, 5.74) is 5.77. The lowest BCUT2D eigenvalue weighted by Gasteiger charge is -2.32. The first-order valence-corrected chi connectivity index (χ1v) is 6.85. The van der Waals surface area contributed by atoms with E-state index in [0.717, 1.165) is 19.3 Å². The Morgan fingerprint density at radius 2 is 2.12 bits per heavy atom. The van der Waals surface area contributed by atoms with Crippen molar-refractivity contribution in [2.75, 3.05) is 26.7 Å². The van der Waals surface area contributed by atoms with Gasteiger partial charge in [-0.1, -0.05) is 6.92 Å². The van der Waals surface area contributed by atoms with Crippen LogP contribution in [-0.2, 0) is 10.2 Å². The van der Waals surface area contributed by atoms with Gasteiger partial charge in [0.25, 0.3) is 10.2 Å². The van der Waals surface area contributed by atoms with Gasteiger partial charge in [0.15, 0.2) is 0 Å². The Labute approximate surface area is 105 Å². The monoisotopic (exact) mass is 271 g/mol. The zero-order valence-corrected chi connectivity index (χ0v) is 11.6. The van der Waals surface area contributed by atoms with Crippen LogP contribution in [0.1, 0.15) is 26.2 Å². The fraction of sp³-hybridized carbons (Fsp3) is 1.00. The molecule has 2 N–H and O–H groups in total. The smallest absolute Gasteiger partial charge is 0.281 e. The van der Waals surface area contributed by atoms with Crippen molar-refractivity contribution in [3.63, 3.8) is 0 Å². The zero-order valence-electron chi connectivity index (χ0n) is 9.92. The quantitative estimate of drug-likeness (QED) is 0.806. The van der Waals surface area contributed by atoms with Gasteiger partial charge in [-0.15, -0.1) is 12.4 Å². The molecule has 0 aliphatic carbocycles. The van der Waals surface area contributed by atoms with Gasteiger partial charge in [0, 0.05) is 32.7 Å². The molecule has 7 heteroatoms. The summed E-state index contributed by atoms with van der Waals surface area (Å²) in [5, 5.41) is 0. The second-order valence-corrected chi connectivity index (χ2v) is 6.13. The van der Waals surface area contributed by atoms with E-state index < -0.39 is 10.2 Å². The molecular formula is C9H22ClN3O2S. The number of hydrogen-bond donors (Lipinski definition) is 1. The molecule has 0 saturated carbocycles. The molecule has 1 atom stereocenters. The Balaban J connectivity index is 0.00000225. The van der Waals surface area contributed by atoms with E-state index in [-0.39, 0.29) is 18.4 Å². The number of piperidine rings is 1. The first kappa shape index (κ1) is 16.1. The van der Waals surface area contributed by atoms with Crippen molar-refractivity contribution in [1.29, 1.82) is 0 Å². The van der Waals surface area contributed by atoms with E-state index in [0.29, 0.717) is 19.6 Å². The molecule has 0 aromatic carbocycles. The summed E-state index contributed by atoms with van der Waals surface area (Å²) in [6.07, 6.45) is 2.61. The minimum atomic E-state index is -3.27. The van der Waals surface area contributed by atoms with Gasteiger partial charge < -0.3 is 5.73 Å². The van der Waals surface area contributed by atoms with Crippen LogP contribution in [0.25, 0.3) is 0 Å². The van der Waals surface area contributed by atoms with Crippen molar-refractivity contribution in [2.45, 2.75) is 32.2 Å². The van der Waals surface area contributed by atoms with Gasteiger partial charge in [-0.2, -0.15) is 17.0 Å². The highest BCUT2D eigenvalue weighted by Crippen LogP contribution is 2.15. The predicted octanol–water partition coefficient (Wildman–Crippen LogP) is 0.418. The van der Waals surface area contributed by atoms with Crippen LogP contribution >= 0.6 is 12.4 Å². The molecule has 1 aliphatic heterocycles. The van der Waals surface area contributed by atoms with E-state index in [9.17, 15) is 8.42 Å². The summed E-state index contributed by atoms with van der Waals surface area (Å²) in [6.45, 7) is 3.59. The van der Waals surface area contributed by atoms with Gasteiger partial charge >= 0.3 is 0 Å². The minimum Gasteiger partial charge on any atom is -0.327 e. The molecule has 98 valence electrons. The molecule has 16 heavy (non-hydrogen) atoms. The zero-order chi connectivity index (χ0) is 11.5. The van der Waals surface area contributed by atoms with Crippen LogP contribution in [0.15, 0.2) is 0 Å². The van der Waals surface area contributed by atoms with Crippen molar-refractivity contribution in [3.8, 4) is 0 Å². The Bertz CT molecular complexity index is 297. The second kappa shape index (κ2) is 6.76. The Hall–Kier alpha value is 0.120. The third-order valence-corrected chi connectivity index (χ3v) is 4.63. The molecule has 1 aliphatic rings. The van der Waals surface area contributed by atoms with Crippen LogP contribution in [0.3, 0.4) is 0 Å². The number of nitrogens with zero attached hydrogens (tertiary/aromatic N) is 2. The van der Waals surface area contributed by atoms with E-state index in [2.05, 4.69) is 0 Å². The van der Waals surface area contributed by atoms with Gasteiger partial charge in [-0.3, -0.25) is 0 Å². The van der Waals surface area contributed by atoms with Gasteiger partial charge in [0.1, 0.15) is 0 Å².